The third kappa shape index (κ3) is 3.75. The molecule has 2 unspecified atom stereocenters. The van der Waals surface area contributed by atoms with Gasteiger partial charge in [-0.15, -0.1) is 0 Å². The highest BCUT2D eigenvalue weighted by atomic mass is 16.5. The third-order valence-electron chi connectivity index (χ3n) is 6.25. The van der Waals surface area contributed by atoms with E-state index in [1.165, 1.54) is 22.4 Å². The summed E-state index contributed by atoms with van der Waals surface area (Å²) in [6.45, 7) is 1.10. The third-order valence-corrected chi connectivity index (χ3v) is 6.25. The van der Waals surface area contributed by atoms with Crippen LogP contribution in [0.5, 0.6) is 11.5 Å². The van der Waals surface area contributed by atoms with E-state index in [4.69, 9.17) is 4.74 Å². The number of benzene rings is 2. The Balaban J connectivity index is 1.62. The van der Waals surface area contributed by atoms with Crippen LogP contribution in [0.3, 0.4) is 0 Å². The van der Waals surface area contributed by atoms with Gasteiger partial charge in [-0.1, -0.05) is 42.5 Å². The molecule has 0 radical (unpaired) electrons. The number of fused-ring (bicyclic) bond motifs is 1. The van der Waals surface area contributed by atoms with E-state index in [1.54, 1.807) is 7.05 Å². The molecule has 7 heteroatoms. The van der Waals surface area contributed by atoms with Crippen LogP contribution in [0.1, 0.15) is 46.4 Å². The van der Waals surface area contributed by atoms with Gasteiger partial charge in [-0.3, -0.25) is 14.3 Å². The van der Waals surface area contributed by atoms with E-state index in [0.717, 1.165) is 29.7 Å². The molecular weight excluding hydrogens is 406 g/mol. The predicted octanol–water partition coefficient (Wildman–Crippen LogP) is 3.20. The first kappa shape index (κ1) is 20.3. The van der Waals surface area contributed by atoms with E-state index in [2.05, 4.69) is 5.10 Å². The molecule has 1 aliphatic heterocycles. The first-order valence-electron chi connectivity index (χ1n) is 10.9. The molecule has 1 saturated carbocycles. The molecule has 5 rings (SSSR count). The lowest BCUT2D eigenvalue weighted by molar-refractivity contribution is 0.0686. The van der Waals surface area contributed by atoms with Crippen molar-refractivity contribution in [2.75, 3.05) is 20.2 Å². The average Bonchev–Trinajstić information content (AvgIpc) is 3.63. The molecule has 2 heterocycles. The fraction of sp³-hybridized carbons (Fsp3) is 0.320. The van der Waals surface area contributed by atoms with E-state index in [9.17, 15) is 14.7 Å². The summed E-state index contributed by atoms with van der Waals surface area (Å²) in [5.41, 5.74) is 1.33. The van der Waals surface area contributed by atoms with Crippen LogP contribution in [-0.4, -0.2) is 45.9 Å². The number of aromatic nitrogens is 2. The maximum Gasteiger partial charge on any atom is 0.275 e. The molecule has 1 N–H and O–H groups in total. The minimum Gasteiger partial charge on any atom is -0.502 e. The van der Waals surface area contributed by atoms with Crippen molar-refractivity contribution in [3.8, 4) is 11.5 Å². The van der Waals surface area contributed by atoms with Crippen LogP contribution < -0.4 is 10.2 Å². The molecule has 0 saturated heterocycles. The number of amides is 1. The maximum atomic E-state index is 12.8. The number of ether oxygens (including phenoxy) is 1. The Labute approximate surface area is 185 Å². The van der Waals surface area contributed by atoms with Gasteiger partial charge in [0, 0.05) is 19.5 Å². The van der Waals surface area contributed by atoms with Gasteiger partial charge in [0.25, 0.3) is 5.91 Å². The maximum absolute atomic E-state index is 12.8. The number of aromatic hydroxyl groups is 1. The quantitative estimate of drug-likeness (QED) is 0.648. The largest absolute Gasteiger partial charge is 0.502 e. The Morgan fingerprint density at radius 2 is 1.84 bits per heavy atom. The molecule has 1 aromatic heterocycles. The van der Waals surface area contributed by atoms with E-state index >= 15 is 0 Å². The summed E-state index contributed by atoms with van der Waals surface area (Å²) in [6, 6.07) is 17.7. The fourth-order valence-electron chi connectivity index (χ4n) is 4.37. The SMILES string of the molecule is CN1CC(C(c2ccccc2)c2cccc(OCC3CC3)c2)n2ncc(=O)c(O)c2C1=O. The van der Waals surface area contributed by atoms with Crippen molar-refractivity contribution in [3.63, 3.8) is 0 Å². The Kier molecular flexibility index (Phi) is 5.17. The second-order valence-corrected chi connectivity index (χ2v) is 8.62. The molecule has 0 bridgehead atoms. The molecule has 2 atom stereocenters. The van der Waals surface area contributed by atoms with E-state index < -0.39 is 17.1 Å². The summed E-state index contributed by atoms with van der Waals surface area (Å²) < 4.78 is 7.53. The molecule has 2 aliphatic rings. The predicted molar refractivity (Wildman–Crippen MR) is 119 cm³/mol. The van der Waals surface area contributed by atoms with Gasteiger partial charge in [0.15, 0.2) is 11.4 Å². The normalized spacial score (nSPS) is 18.8. The van der Waals surface area contributed by atoms with Crippen molar-refractivity contribution in [1.29, 1.82) is 0 Å². The van der Waals surface area contributed by atoms with Crippen LogP contribution >= 0.6 is 0 Å². The number of hydrogen-bond donors (Lipinski definition) is 1. The summed E-state index contributed by atoms with van der Waals surface area (Å²) in [6.07, 6.45) is 3.51. The molecule has 32 heavy (non-hydrogen) atoms. The van der Waals surface area contributed by atoms with Crippen molar-refractivity contribution < 1.29 is 14.6 Å². The molecular formula is C25H25N3O4. The first-order valence-corrected chi connectivity index (χ1v) is 10.9. The second kappa shape index (κ2) is 8.15. The van der Waals surface area contributed by atoms with Crippen molar-refractivity contribution in [2.45, 2.75) is 24.8 Å². The summed E-state index contributed by atoms with van der Waals surface area (Å²) in [4.78, 5) is 26.3. The molecule has 1 fully saturated rings. The smallest absolute Gasteiger partial charge is 0.275 e. The summed E-state index contributed by atoms with van der Waals surface area (Å²) >= 11 is 0. The summed E-state index contributed by atoms with van der Waals surface area (Å²) in [5.74, 6) is 0.306. The number of rotatable bonds is 6. The van der Waals surface area contributed by atoms with E-state index in [0.29, 0.717) is 12.5 Å². The Morgan fingerprint density at radius 3 is 2.59 bits per heavy atom. The number of carbonyl (C=O) groups excluding carboxylic acids is 1. The Bertz CT molecular complexity index is 1200. The highest BCUT2D eigenvalue weighted by molar-refractivity contribution is 5.95. The van der Waals surface area contributed by atoms with Crippen LogP contribution in [0.25, 0.3) is 0 Å². The van der Waals surface area contributed by atoms with Gasteiger partial charge < -0.3 is 14.7 Å². The fourth-order valence-corrected chi connectivity index (χ4v) is 4.37. The Morgan fingerprint density at radius 1 is 1.09 bits per heavy atom. The molecule has 1 amide bonds. The van der Waals surface area contributed by atoms with Crippen LogP contribution in [0.4, 0.5) is 0 Å². The van der Waals surface area contributed by atoms with Crippen LogP contribution in [0.15, 0.2) is 65.6 Å². The molecule has 0 spiro atoms. The number of hydrogen-bond acceptors (Lipinski definition) is 5. The first-order chi connectivity index (χ1) is 15.5. The standard InChI is InChI=1S/C25H25N3O4/c1-27-14-20(28-23(25(27)31)24(30)21(29)13-26-28)22(17-6-3-2-4-7-17)18-8-5-9-19(12-18)32-15-16-10-11-16/h2-9,12-13,16,20,22,30H,10-11,14-15H2,1H3. The number of nitrogens with zero attached hydrogens (tertiary/aromatic N) is 3. The molecule has 1 aliphatic carbocycles. The van der Waals surface area contributed by atoms with Crippen molar-refractivity contribution in [2.24, 2.45) is 5.92 Å². The lowest BCUT2D eigenvalue weighted by Crippen LogP contribution is -2.45. The van der Waals surface area contributed by atoms with Crippen molar-refractivity contribution in [1.82, 2.24) is 14.7 Å². The Hall–Kier alpha value is -3.61. The van der Waals surface area contributed by atoms with E-state index in [1.807, 2.05) is 54.6 Å². The van der Waals surface area contributed by atoms with E-state index in [-0.39, 0.29) is 17.7 Å². The molecule has 164 valence electrons. The average molecular weight is 431 g/mol. The highest BCUT2D eigenvalue weighted by Crippen LogP contribution is 2.40. The van der Waals surface area contributed by atoms with Crippen LogP contribution in [0, 0.1) is 5.92 Å². The van der Waals surface area contributed by atoms with Gasteiger partial charge in [0.05, 0.1) is 18.8 Å². The van der Waals surface area contributed by atoms with Crippen molar-refractivity contribution in [3.05, 3.63) is 87.8 Å². The molecule has 2 aromatic carbocycles. The number of carbonyl (C=O) groups is 1. The monoisotopic (exact) mass is 431 g/mol. The molecule has 3 aromatic rings. The van der Waals surface area contributed by atoms with Gasteiger partial charge in [0.1, 0.15) is 5.75 Å². The zero-order valence-electron chi connectivity index (χ0n) is 17.8. The summed E-state index contributed by atoms with van der Waals surface area (Å²) in [7, 11) is 1.67. The highest BCUT2D eigenvalue weighted by Gasteiger charge is 2.38. The van der Waals surface area contributed by atoms with Crippen LogP contribution in [0.2, 0.25) is 0 Å². The minimum absolute atomic E-state index is 0.0710. The zero-order valence-corrected chi connectivity index (χ0v) is 17.8. The van der Waals surface area contributed by atoms with Crippen molar-refractivity contribution >= 4 is 5.91 Å². The molecule has 7 nitrogen and oxygen atoms in total. The topological polar surface area (TPSA) is 84.7 Å². The minimum atomic E-state index is -0.662. The van der Waals surface area contributed by atoms with Gasteiger partial charge in [0.2, 0.25) is 5.43 Å². The zero-order chi connectivity index (χ0) is 22.2. The lowest BCUT2D eigenvalue weighted by atomic mass is 9.83. The lowest BCUT2D eigenvalue weighted by Gasteiger charge is -2.37. The second-order valence-electron chi connectivity index (χ2n) is 8.62. The van der Waals surface area contributed by atoms with Crippen LogP contribution in [-0.2, 0) is 0 Å². The van der Waals surface area contributed by atoms with Gasteiger partial charge in [-0.05, 0) is 42.0 Å². The van der Waals surface area contributed by atoms with Gasteiger partial charge >= 0.3 is 0 Å². The van der Waals surface area contributed by atoms with Gasteiger partial charge in [-0.2, -0.15) is 5.10 Å². The van der Waals surface area contributed by atoms with Gasteiger partial charge in [-0.25, -0.2) is 0 Å². The summed E-state index contributed by atoms with van der Waals surface area (Å²) in [5, 5.41) is 14.7. The number of likely N-dealkylation sites (N-methyl/N-ethyl adjacent to an activating group) is 1.